The van der Waals surface area contributed by atoms with E-state index in [-0.39, 0.29) is 0 Å². The fourth-order valence-corrected chi connectivity index (χ4v) is 4.91. The van der Waals surface area contributed by atoms with Crippen LogP contribution in [0.4, 0.5) is 0 Å². The molecule has 0 radical (unpaired) electrons. The lowest BCUT2D eigenvalue weighted by atomic mass is 9.71. The van der Waals surface area contributed by atoms with Crippen LogP contribution in [-0.4, -0.2) is 34.9 Å². The summed E-state index contributed by atoms with van der Waals surface area (Å²) >= 11 is 0. The highest BCUT2D eigenvalue weighted by Crippen LogP contribution is 2.42. The summed E-state index contributed by atoms with van der Waals surface area (Å²) in [5.41, 5.74) is 6.15. The number of hydrogen-bond acceptors (Lipinski definition) is 5. The lowest BCUT2D eigenvalue weighted by Crippen LogP contribution is -2.32. The van der Waals surface area contributed by atoms with Gasteiger partial charge in [-0.25, -0.2) is 4.79 Å². The molecule has 0 saturated carbocycles. The maximum absolute atomic E-state index is 11.3. The summed E-state index contributed by atoms with van der Waals surface area (Å²) in [5, 5.41) is 20.1. The molecule has 30 heavy (non-hydrogen) atoms. The van der Waals surface area contributed by atoms with Gasteiger partial charge in [0.2, 0.25) is 6.29 Å². The predicted molar refractivity (Wildman–Crippen MR) is 116 cm³/mol. The molecule has 5 heteroatoms. The number of rotatable bonds is 7. The standard InChI is InChI=1S/C25H36O5/c1-16(10-12-20-17(2)8-6-14-25(20,3)4)7-5-9-18-11-13-21(29-23(18)27)19-15-22(26)30-24(19)28/h7,11,15,21,23-24,27-28H,5-6,8-10,12-14H2,1-4H3/b16-7+. The van der Waals surface area contributed by atoms with E-state index in [2.05, 4.69) is 33.8 Å². The Balaban J connectivity index is 1.49. The molecule has 3 rings (SSSR count). The fourth-order valence-electron chi connectivity index (χ4n) is 4.91. The average Bonchev–Trinajstić information content (AvgIpc) is 3.00. The zero-order valence-corrected chi connectivity index (χ0v) is 18.7. The highest BCUT2D eigenvalue weighted by Gasteiger charge is 2.34. The Morgan fingerprint density at radius 1 is 1.27 bits per heavy atom. The van der Waals surface area contributed by atoms with Gasteiger partial charge >= 0.3 is 5.97 Å². The van der Waals surface area contributed by atoms with E-state index in [0.29, 0.717) is 17.4 Å². The molecule has 2 aliphatic heterocycles. The number of hydrogen-bond donors (Lipinski definition) is 2. The van der Waals surface area contributed by atoms with E-state index in [1.54, 1.807) is 11.1 Å². The van der Waals surface area contributed by atoms with Crippen LogP contribution in [0, 0.1) is 5.41 Å². The first-order valence-corrected chi connectivity index (χ1v) is 11.1. The minimum Gasteiger partial charge on any atom is -0.429 e. The molecule has 0 aromatic heterocycles. The van der Waals surface area contributed by atoms with E-state index in [4.69, 9.17) is 9.47 Å². The smallest absolute Gasteiger partial charge is 0.333 e. The first-order valence-electron chi connectivity index (χ1n) is 11.1. The number of carbonyl (C=O) groups is 1. The number of aliphatic hydroxyl groups is 2. The summed E-state index contributed by atoms with van der Waals surface area (Å²) in [4.78, 5) is 11.3. The summed E-state index contributed by atoms with van der Waals surface area (Å²) in [6.45, 7) is 9.23. The number of carbonyl (C=O) groups excluding carboxylic acids is 1. The third-order valence-electron chi connectivity index (χ3n) is 6.75. The number of esters is 1. The van der Waals surface area contributed by atoms with E-state index in [1.807, 2.05) is 6.08 Å². The molecule has 2 N–H and O–H groups in total. The van der Waals surface area contributed by atoms with Crippen LogP contribution in [0.15, 0.2) is 46.1 Å². The van der Waals surface area contributed by atoms with E-state index < -0.39 is 24.7 Å². The van der Waals surface area contributed by atoms with Crippen LogP contribution in [0.5, 0.6) is 0 Å². The van der Waals surface area contributed by atoms with Crippen molar-refractivity contribution in [3.8, 4) is 0 Å². The van der Waals surface area contributed by atoms with Gasteiger partial charge < -0.3 is 19.7 Å². The normalized spacial score (nSPS) is 29.6. The summed E-state index contributed by atoms with van der Waals surface area (Å²) in [6, 6.07) is 0. The van der Waals surface area contributed by atoms with E-state index in [0.717, 1.165) is 31.3 Å². The van der Waals surface area contributed by atoms with Gasteiger partial charge in [-0.15, -0.1) is 0 Å². The fraction of sp³-hybridized carbons (Fsp3) is 0.640. The van der Waals surface area contributed by atoms with E-state index in [1.165, 1.54) is 30.9 Å². The molecular weight excluding hydrogens is 380 g/mol. The third kappa shape index (κ3) is 5.51. The van der Waals surface area contributed by atoms with Gasteiger partial charge in [0.15, 0.2) is 6.29 Å². The van der Waals surface area contributed by atoms with Gasteiger partial charge in [-0.3, -0.25) is 0 Å². The van der Waals surface area contributed by atoms with Crippen LogP contribution in [0.3, 0.4) is 0 Å². The largest absolute Gasteiger partial charge is 0.429 e. The Morgan fingerprint density at radius 3 is 2.67 bits per heavy atom. The second kappa shape index (κ2) is 9.63. The van der Waals surface area contributed by atoms with Crippen molar-refractivity contribution in [2.24, 2.45) is 5.41 Å². The lowest BCUT2D eigenvalue weighted by molar-refractivity contribution is -0.155. The van der Waals surface area contributed by atoms with Crippen molar-refractivity contribution in [1.29, 1.82) is 0 Å². The van der Waals surface area contributed by atoms with Gasteiger partial charge in [-0.1, -0.05) is 42.7 Å². The number of ether oxygens (including phenoxy) is 2. The highest BCUT2D eigenvalue weighted by molar-refractivity contribution is 5.85. The molecule has 166 valence electrons. The van der Waals surface area contributed by atoms with Gasteiger partial charge in [0.05, 0.1) is 6.10 Å². The molecule has 3 atom stereocenters. The summed E-state index contributed by atoms with van der Waals surface area (Å²) in [5.74, 6) is -0.575. The van der Waals surface area contributed by atoms with Crippen LogP contribution in [0.1, 0.15) is 79.1 Å². The molecule has 0 aromatic carbocycles. The van der Waals surface area contributed by atoms with Gasteiger partial charge in [-0.05, 0) is 76.2 Å². The number of cyclic esters (lactones) is 1. The van der Waals surface area contributed by atoms with Gasteiger partial charge in [0.25, 0.3) is 0 Å². The molecule has 0 aromatic rings. The summed E-state index contributed by atoms with van der Waals surface area (Å²) in [6.07, 6.45) is 10.8. The van der Waals surface area contributed by atoms with Crippen molar-refractivity contribution in [3.63, 3.8) is 0 Å². The monoisotopic (exact) mass is 416 g/mol. The minimum atomic E-state index is -1.27. The van der Waals surface area contributed by atoms with E-state index in [9.17, 15) is 15.0 Å². The topological polar surface area (TPSA) is 76.0 Å². The zero-order valence-electron chi connectivity index (χ0n) is 18.7. The van der Waals surface area contributed by atoms with Crippen molar-refractivity contribution in [2.75, 3.05) is 0 Å². The first kappa shape index (κ1) is 23.0. The summed E-state index contributed by atoms with van der Waals surface area (Å²) < 4.78 is 10.3. The van der Waals surface area contributed by atoms with Crippen LogP contribution in [-0.2, 0) is 14.3 Å². The minimum absolute atomic E-state index is 0.325. The average molecular weight is 417 g/mol. The predicted octanol–water partition coefficient (Wildman–Crippen LogP) is 4.86. The molecule has 3 unspecified atom stereocenters. The van der Waals surface area contributed by atoms with Gasteiger partial charge in [0, 0.05) is 11.6 Å². The van der Waals surface area contributed by atoms with Crippen LogP contribution >= 0.6 is 0 Å². The summed E-state index contributed by atoms with van der Waals surface area (Å²) in [7, 11) is 0. The number of allylic oxidation sites excluding steroid dienone is 4. The van der Waals surface area contributed by atoms with Gasteiger partial charge in [0.1, 0.15) is 0 Å². The Morgan fingerprint density at radius 2 is 2.03 bits per heavy atom. The second-order valence-electron chi connectivity index (χ2n) is 9.51. The van der Waals surface area contributed by atoms with Crippen molar-refractivity contribution < 1.29 is 24.5 Å². The molecule has 0 bridgehead atoms. The van der Waals surface area contributed by atoms with Crippen molar-refractivity contribution in [3.05, 3.63) is 46.1 Å². The lowest BCUT2D eigenvalue weighted by Gasteiger charge is -2.35. The third-order valence-corrected chi connectivity index (χ3v) is 6.75. The Hall–Kier alpha value is -1.69. The highest BCUT2D eigenvalue weighted by atomic mass is 16.6. The molecule has 0 fully saturated rings. The molecule has 2 heterocycles. The van der Waals surface area contributed by atoms with Crippen LogP contribution in [0.25, 0.3) is 0 Å². The van der Waals surface area contributed by atoms with E-state index >= 15 is 0 Å². The zero-order chi connectivity index (χ0) is 21.9. The van der Waals surface area contributed by atoms with Crippen molar-refractivity contribution in [1.82, 2.24) is 0 Å². The molecular formula is C25H36O5. The maximum Gasteiger partial charge on any atom is 0.333 e. The van der Waals surface area contributed by atoms with Gasteiger partial charge in [-0.2, -0.15) is 0 Å². The Labute approximate surface area is 180 Å². The molecule has 3 aliphatic rings. The first-order chi connectivity index (χ1) is 14.2. The molecule has 0 saturated heterocycles. The quantitative estimate of drug-likeness (QED) is 0.458. The van der Waals surface area contributed by atoms with Crippen molar-refractivity contribution >= 4 is 5.97 Å². The van der Waals surface area contributed by atoms with Crippen LogP contribution in [0.2, 0.25) is 0 Å². The SMILES string of the molecule is CC1=C(CC/C(C)=C/CCC2=CCC(C3=CC(=O)OC3O)OC2O)C(C)(C)CCC1. The Kier molecular flexibility index (Phi) is 7.38. The second-order valence-corrected chi connectivity index (χ2v) is 9.51. The Bertz CT molecular complexity index is 783. The van der Waals surface area contributed by atoms with Crippen molar-refractivity contribution in [2.45, 2.75) is 97.7 Å². The molecule has 0 amide bonds. The molecule has 1 aliphatic carbocycles. The number of aliphatic hydroxyl groups excluding tert-OH is 2. The van der Waals surface area contributed by atoms with Crippen LogP contribution < -0.4 is 0 Å². The maximum atomic E-state index is 11.3. The molecule has 0 spiro atoms. The molecule has 5 nitrogen and oxygen atoms in total.